The molecule has 0 saturated heterocycles. The molecular weight excluding hydrogens is 335 g/mol. The number of carbonyl (C=O) groups is 2. The van der Waals surface area contributed by atoms with Crippen LogP contribution in [0.15, 0.2) is 24.0 Å². The molecule has 1 aliphatic rings. The number of ether oxygens (including phenoxy) is 1. The van der Waals surface area contributed by atoms with Gasteiger partial charge in [0.1, 0.15) is 5.57 Å². The van der Waals surface area contributed by atoms with E-state index in [0.717, 1.165) is 12.8 Å². The highest BCUT2D eigenvalue weighted by Crippen LogP contribution is 2.36. The molecule has 6 heteroatoms. The number of hydrogen-bond donors (Lipinski definition) is 0. The monoisotopic (exact) mass is 346 g/mol. The maximum atomic E-state index is 12.6. The van der Waals surface area contributed by atoms with Crippen LogP contribution >= 0.6 is 34.8 Å². The average molecular weight is 348 g/mol. The molecule has 0 radical (unpaired) electrons. The molecule has 0 N–H and O–H groups in total. The van der Waals surface area contributed by atoms with Crippen LogP contribution in [0.25, 0.3) is 0 Å². The Hall–Kier alpha value is -1.03. The van der Waals surface area contributed by atoms with Gasteiger partial charge in [0.2, 0.25) is 5.78 Å². The second-order valence-corrected chi connectivity index (χ2v) is 5.84. The zero-order chi connectivity index (χ0) is 15.6. The Bertz CT molecular complexity index is 619. The first kappa shape index (κ1) is 16.3. The molecule has 0 unspecified atom stereocenters. The second-order valence-electron chi connectivity index (χ2n) is 4.68. The summed E-state index contributed by atoms with van der Waals surface area (Å²) in [6.07, 6.45) is 2.80. The number of allylic oxidation sites excluding steroid dienone is 1. The minimum Gasteiger partial charge on any atom is -0.501 e. The molecule has 112 valence electrons. The maximum Gasteiger partial charge on any atom is 0.201 e. The number of carbonyl (C=O) groups excluding carboxylic acids is 2. The fourth-order valence-corrected chi connectivity index (χ4v) is 2.42. The molecule has 0 bridgehead atoms. The first-order valence-corrected chi connectivity index (χ1v) is 7.65. The first-order chi connectivity index (χ1) is 9.97. The van der Waals surface area contributed by atoms with E-state index in [-0.39, 0.29) is 37.9 Å². The van der Waals surface area contributed by atoms with Gasteiger partial charge in [0.25, 0.3) is 0 Å². The molecule has 3 nitrogen and oxygen atoms in total. The van der Waals surface area contributed by atoms with Gasteiger partial charge in [-0.3, -0.25) is 9.59 Å². The molecule has 1 aliphatic carbocycles. The minimum atomic E-state index is -0.496. The second kappa shape index (κ2) is 6.82. The highest BCUT2D eigenvalue weighted by Gasteiger charge is 2.35. The van der Waals surface area contributed by atoms with E-state index in [1.165, 1.54) is 18.4 Å². The summed E-state index contributed by atoms with van der Waals surface area (Å²) < 4.78 is 5.13. The highest BCUT2D eigenvalue weighted by atomic mass is 35.5. The lowest BCUT2D eigenvalue weighted by Crippen LogP contribution is -2.16. The van der Waals surface area contributed by atoms with Crippen molar-refractivity contribution in [2.45, 2.75) is 19.8 Å². The van der Waals surface area contributed by atoms with E-state index >= 15 is 0 Å². The van der Waals surface area contributed by atoms with Gasteiger partial charge in [0.15, 0.2) is 5.78 Å². The van der Waals surface area contributed by atoms with Gasteiger partial charge < -0.3 is 4.74 Å². The summed E-state index contributed by atoms with van der Waals surface area (Å²) in [5, 5.41) is 0.390. The molecule has 1 aromatic rings. The van der Waals surface area contributed by atoms with Crippen LogP contribution in [0.3, 0.4) is 0 Å². The lowest BCUT2D eigenvalue weighted by molar-refractivity contribution is -0.116. The Kier molecular flexibility index (Phi) is 5.31. The highest BCUT2D eigenvalue weighted by molar-refractivity contribution is 6.49. The van der Waals surface area contributed by atoms with Gasteiger partial charge in [-0.05, 0) is 31.9 Å². The fraction of sp³-hybridized carbons (Fsp3) is 0.333. The standard InChI is InChI=1S/C15H13Cl3O3/c1-2-21-7-10(14(19)8-3-4-8)15(20)9-5-6-11(16)13(18)12(9)17/h5-8H,2-4H2,1H3. The Morgan fingerprint density at radius 1 is 1.24 bits per heavy atom. The van der Waals surface area contributed by atoms with Crippen LogP contribution in [0.4, 0.5) is 0 Å². The Labute approximate surface area is 137 Å². The summed E-state index contributed by atoms with van der Waals surface area (Å²) >= 11 is 17.8. The molecule has 0 heterocycles. The number of Topliss-reactive ketones (excluding diaryl/α,β-unsaturated/α-hetero) is 2. The number of benzene rings is 1. The van der Waals surface area contributed by atoms with Gasteiger partial charge in [0, 0.05) is 11.5 Å². The van der Waals surface area contributed by atoms with Crippen molar-refractivity contribution in [2.24, 2.45) is 5.92 Å². The lowest BCUT2D eigenvalue weighted by Gasteiger charge is -2.09. The third-order valence-electron chi connectivity index (χ3n) is 3.11. The molecule has 0 spiro atoms. The number of hydrogen-bond acceptors (Lipinski definition) is 3. The van der Waals surface area contributed by atoms with E-state index in [1.54, 1.807) is 6.92 Å². The van der Waals surface area contributed by atoms with Gasteiger partial charge in [-0.1, -0.05) is 34.8 Å². The predicted molar refractivity (Wildman–Crippen MR) is 83.2 cm³/mol. The van der Waals surface area contributed by atoms with E-state index in [1.807, 2.05) is 0 Å². The van der Waals surface area contributed by atoms with Gasteiger partial charge in [-0.25, -0.2) is 0 Å². The summed E-state index contributed by atoms with van der Waals surface area (Å²) in [5.41, 5.74) is 0.144. The molecular formula is C15H13Cl3O3. The Morgan fingerprint density at radius 2 is 1.90 bits per heavy atom. The van der Waals surface area contributed by atoms with Crippen LogP contribution in [-0.4, -0.2) is 18.2 Å². The fourth-order valence-electron chi connectivity index (χ4n) is 1.80. The molecule has 21 heavy (non-hydrogen) atoms. The zero-order valence-electron chi connectivity index (χ0n) is 11.3. The molecule has 0 aliphatic heterocycles. The summed E-state index contributed by atoms with van der Waals surface area (Å²) in [5.74, 6) is -0.804. The van der Waals surface area contributed by atoms with Gasteiger partial charge in [-0.15, -0.1) is 0 Å². The number of rotatable bonds is 6. The van der Waals surface area contributed by atoms with Crippen molar-refractivity contribution >= 4 is 46.4 Å². The topological polar surface area (TPSA) is 43.4 Å². The molecule has 0 amide bonds. The van der Waals surface area contributed by atoms with Crippen molar-refractivity contribution in [3.63, 3.8) is 0 Å². The average Bonchev–Trinajstić information content (AvgIpc) is 3.29. The van der Waals surface area contributed by atoms with Crippen molar-refractivity contribution < 1.29 is 14.3 Å². The molecule has 0 atom stereocenters. The van der Waals surface area contributed by atoms with Crippen molar-refractivity contribution in [1.29, 1.82) is 0 Å². The van der Waals surface area contributed by atoms with Gasteiger partial charge >= 0.3 is 0 Å². The van der Waals surface area contributed by atoms with Crippen LogP contribution in [0.2, 0.25) is 15.1 Å². The summed E-state index contributed by atoms with van der Waals surface area (Å²) in [4.78, 5) is 24.8. The third-order valence-corrected chi connectivity index (χ3v) is 4.40. The number of halogens is 3. The van der Waals surface area contributed by atoms with E-state index in [2.05, 4.69) is 0 Å². The zero-order valence-corrected chi connectivity index (χ0v) is 13.6. The third kappa shape index (κ3) is 3.60. The smallest absolute Gasteiger partial charge is 0.201 e. The molecule has 1 fully saturated rings. The van der Waals surface area contributed by atoms with Crippen molar-refractivity contribution in [1.82, 2.24) is 0 Å². The van der Waals surface area contributed by atoms with E-state index in [0.29, 0.717) is 6.61 Å². The summed E-state index contributed by atoms with van der Waals surface area (Å²) in [7, 11) is 0. The van der Waals surface area contributed by atoms with Gasteiger partial charge in [0.05, 0.1) is 27.9 Å². The SMILES string of the molecule is CCOC=C(C(=O)c1ccc(Cl)c(Cl)c1Cl)C(=O)C1CC1. The van der Waals surface area contributed by atoms with Crippen LogP contribution in [0.1, 0.15) is 30.1 Å². The number of ketones is 2. The maximum absolute atomic E-state index is 12.6. The minimum absolute atomic E-state index is 0.000334. The normalized spacial score (nSPS) is 15.0. The Balaban J connectivity index is 2.38. The van der Waals surface area contributed by atoms with Crippen molar-refractivity contribution in [3.8, 4) is 0 Å². The first-order valence-electron chi connectivity index (χ1n) is 6.51. The van der Waals surface area contributed by atoms with E-state index in [9.17, 15) is 9.59 Å². The summed E-state index contributed by atoms with van der Waals surface area (Å²) in [6.45, 7) is 2.14. The Morgan fingerprint density at radius 3 is 2.48 bits per heavy atom. The lowest BCUT2D eigenvalue weighted by atomic mass is 9.98. The van der Waals surface area contributed by atoms with Crippen LogP contribution < -0.4 is 0 Å². The van der Waals surface area contributed by atoms with Crippen LogP contribution in [-0.2, 0) is 9.53 Å². The van der Waals surface area contributed by atoms with Crippen LogP contribution in [0, 0.1) is 5.92 Å². The van der Waals surface area contributed by atoms with Crippen molar-refractivity contribution in [2.75, 3.05) is 6.61 Å². The van der Waals surface area contributed by atoms with Gasteiger partial charge in [-0.2, -0.15) is 0 Å². The molecule has 1 saturated carbocycles. The van der Waals surface area contributed by atoms with Crippen LogP contribution in [0.5, 0.6) is 0 Å². The molecule has 2 rings (SSSR count). The predicted octanol–water partition coefficient (Wildman–Crippen LogP) is 4.73. The van der Waals surface area contributed by atoms with Crippen molar-refractivity contribution in [3.05, 3.63) is 44.6 Å². The largest absolute Gasteiger partial charge is 0.501 e. The van der Waals surface area contributed by atoms with E-state index < -0.39 is 5.78 Å². The van der Waals surface area contributed by atoms with E-state index in [4.69, 9.17) is 39.5 Å². The quantitative estimate of drug-likeness (QED) is 0.187. The molecule has 0 aromatic heterocycles. The molecule has 1 aromatic carbocycles. The summed E-state index contributed by atoms with van der Waals surface area (Å²) in [6, 6.07) is 2.93.